The van der Waals surface area contributed by atoms with Gasteiger partial charge in [0.1, 0.15) is 0 Å². The van der Waals surface area contributed by atoms with Gasteiger partial charge in [0, 0.05) is 44.0 Å². The van der Waals surface area contributed by atoms with Gasteiger partial charge in [-0.15, -0.1) is 0 Å². The third kappa shape index (κ3) is 4.72. The van der Waals surface area contributed by atoms with Crippen molar-refractivity contribution in [3.05, 3.63) is 29.8 Å². The highest BCUT2D eigenvalue weighted by Gasteiger charge is 2.16. The lowest BCUT2D eigenvalue weighted by molar-refractivity contribution is 0.100. The Morgan fingerprint density at radius 3 is 2.29 bits per heavy atom. The highest BCUT2D eigenvalue weighted by molar-refractivity contribution is 5.93. The monoisotopic (exact) mass is 291 g/mol. The fourth-order valence-corrected chi connectivity index (χ4v) is 2.69. The van der Waals surface area contributed by atoms with Crippen molar-refractivity contribution >= 4 is 11.6 Å². The first-order valence-corrected chi connectivity index (χ1v) is 7.69. The molecule has 0 saturated carbocycles. The number of rotatable bonds is 7. The number of amides is 1. The van der Waals surface area contributed by atoms with Crippen LogP contribution in [-0.2, 0) is 0 Å². The van der Waals surface area contributed by atoms with Crippen LogP contribution in [0.15, 0.2) is 24.3 Å². The lowest BCUT2D eigenvalue weighted by Gasteiger charge is -2.36. The van der Waals surface area contributed by atoms with E-state index in [0.717, 1.165) is 57.7 Å². The summed E-state index contributed by atoms with van der Waals surface area (Å²) >= 11 is 0. The second-order valence-corrected chi connectivity index (χ2v) is 5.52. The number of nitrogens with two attached hydrogens (primary N) is 1. The first kappa shape index (κ1) is 15.8. The van der Waals surface area contributed by atoms with Crippen molar-refractivity contribution in [2.75, 3.05) is 44.2 Å². The van der Waals surface area contributed by atoms with E-state index in [4.69, 9.17) is 10.8 Å². The summed E-state index contributed by atoms with van der Waals surface area (Å²) in [6.45, 7) is 5.57. The predicted octanol–water partition coefficient (Wildman–Crippen LogP) is 1.07. The van der Waals surface area contributed by atoms with E-state index in [-0.39, 0.29) is 5.91 Å². The third-order valence-electron chi connectivity index (χ3n) is 4.02. The van der Waals surface area contributed by atoms with Crippen LogP contribution in [0, 0.1) is 0 Å². The Kier molecular flexibility index (Phi) is 6.02. The molecule has 1 fully saturated rings. The van der Waals surface area contributed by atoms with Crippen LogP contribution in [0.4, 0.5) is 5.69 Å². The molecule has 1 heterocycles. The molecule has 2 rings (SSSR count). The number of hydrogen-bond donors (Lipinski definition) is 2. The van der Waals surface area contributed by atoms with Gasteiger partial charge in [-0.05, 0) is 50.1 Å². The van der Waals surface area contributed by atoms with E-state index >= 15 is 0 Å². The summed E-state index contributed by atoms with van der Waals surface area (Å²) in [7, 11) is 0. The molecule has 3 N–H and O–H groups in total. The summed E-state index contributed by atoms with van der Waals surface area (Å²) in [6, 6.07) is 7.52. The van der Waals surface area contributed by atoms with Crippen molar-refractivity contribution in [3.63, 3.8) is 0 Å². The molecular weight excluding hydrogens is 266 g/mol. The molecule has 1 aliphatic rings. The molecule has 1 aromatic carbocycles. The summed E-state index contributed by atoms with van der Waals surface area (Å²) in [5.41, 5.74) is 6.96. The second kappa shape index (κ2) is 8.00. The van der Waals surface area contributed by atoms with Crippen LogP contribution in [0.3, 0.4) is 0 Å². The molecule has 21 heavy (non-hydrogen) atoms. The first-order valence-electron chi connectivity index (χ1n) is 7.69. The highest BCUT2D eigenvalue weighted by atomic mass is 16.2. The van der Waals surface area contributed by atoms with Crippen molar-refractivity contribution in [2.24, 2.45) is 5.73 Å². The van der Waals surface area contributed by atoms with Crippen molar-refractivity contribution in [1.82, 2.24) is 4.90 Å². The van der Waals surface area contributed by atoms with Crippen molar-refractivity contribution in [3.8, 4) is 0 Å². The number of nitrogens with zero attached hydrogens (tertiary/aromatic N) is 2. The average molecular weight is 291 g/mol. The Hall–Kier alpha value is -1.59. The number of primary amides is 1. The number of unbranched alkanes of at least 4 members (excludes halogenated alkanes) is 2. The molecule has 5 heteroatoms. The Morgan fingerprint density at radius 1 is 1.05 bits per heavy atom. The minimum absolute atomic E-state index is 0.301. The van der Waals surface area contributed by atoms with Crippen LogP contribution >= 0.6 is 0 Å². The van der Waals surface area contributed by atoms with Gasteiger partial charge in [-0.3, -0.25) is 9.69 Å². The molecule has 1 aromatic rings. The number of piperazine rings is 1. The van der Waals surface area contributed by atoms with E-state index < -0.39 is 0 Å². The van der Waals surface area contributed by atoms with Gasteiger partial charge in [0.25, 0.3) is 0 Å². The lowest BCUT2D eigenvalue weighted by atomic mass is 10.1. The van der Waals surface area contributed by atoms with Crippen molar-refractivity contribution < 1.29 is 9.90 Å². The lowest BCUT2D eigenvalue weighted by Crippen LogP contribution is -2.46. The normalized spacial score (nSPS) is 16.1. The number of benzene rings is 1. The van der Waals surface area contributed by atoms with E-state index in [1.807, 2.05) is 12.1 Å². The zero-order valence-corrected chi connectivity index (χ0v) is 12.5. The molecule has 0 radical (unpaired) electrons. The van der Waals surface area contributed by atoms with E-state index in [1.54, 1.807) is 12.1 Å². The Balaban J connectivity index is 1.76. The molecule has 0 atom stereocenters. The van der Waals surface area contributed by atoms with Crippen LogP contribution in [0.2, 0.25) is 0 Å². The third-order valence-corrected chi connectivity index (χ3v) is 4.02. The van der Waals surface area contributed by atoms with Gasteiger partial charge in [0.15, 0.2) is 0 Å². The van der Waals surface area contributed by atoms with Gasteiger partial charge in [-0.25, -0.2) is 0 Å². The molecule has 0 aliphatic carbocycles. The number of anilines is 1. The van der Waals surface area contributed by atoms with Gasteiger partial charge < -0.3 is 15.7 Å². The minimum atomic E-state index is -0.380. The Bertz CT molecular complexity index is 439. The fraction of sp³-hybridized carbons (Fsp3) is 0.562. The largest absolute Gasteiger partial charge is 0.396 e. The standard InChI is InChI=1S/C16H25N3O2/c17-16(21)14-4-6-15(7-5-14)19-11-9-18(10-12-19)8-2-1-3-13-20/h4-7,20H,1-3,8-13H2,(H2,17,21). The van der Waals surface area contributed by atoms with Gasteiger partial charge >= 0.3 is 0 Å². The van der Waals surface area contributed by atoms with Crippen LogP contribution < -0.4 is 10.6 Å². The van der Waals surface area contributed by atoms with E-state index in [1.165, 1.54) is 0 Å². The maximum atomic E-state index is 11.1. The summed E-state index contributed by atoms with van der Waals surface area (Å²) in [6.07, 6.45) is 3.17. The number of carbonyl (C=O) groups excluding carboxylic acids is 1. The zero-order valence-electron chi connectivity index (χ0n) is 12.5. The van der Waals surface area contributed by atoms with Gasteiger partial charge in [-0.1, -0.05) is 0 Å². The molecule has 1 saturated heterocycles. The van der Waals surface area contributed by atoms with E-state index in [0.29, 0.717) is 12.2 Å². The minimum Gasteiger partial charge on any atom is -0.396 e. The molecule has 1 amide bonds. The number of aliphatic hydroxyl groups excluding tert-OH is 1. The summed E-state index contributed by atoms with van der Waals surface area (Å²) in [5, 5.41) is 8.77. The molecule has 0 unspecified atom stereocenters. The SMILES string of the molecule is NC(=O)c1ccc(N2CCN(CCCCCO)CC2)cc1. The predicted molar refractivity (Wildman–Crippen MR) is 84.5 cm³/mol. The molecule has 1 aliphatic heterocycles. The van der Waals surface area contributed by atoms with Crippen molar-refractivity contribution in [2.45, 2.75) is 19.3 Å². The van der Waals surface area contributed by atoms with Crippen LogP contribution in [-0.4, -0.2) is 55.2 Å². The van der Waals surface area contributed by atoms with Crippen LogP contribution in [0.1, 0.15) is 29.6 Å². The maximum absolute atomic E-state index is 11.1. The fourth-order valence-electron chi connectivity index (χ4n) is 2.69. The number of carbonyl (C=O) groups is 1. The van der Waals surface area contributed by atoms with E-state index in [9.17, 15) is 4.79 Å². The van der Waals surface area contributed by atoms with Crippen LogP contribution in [0.25, 0.3) is 0 Å². The van der Waals surface area contributed by atoms with Gasteiger partial charge in [-0.2, -0.15) is 0 Å². The van der Waals surface area contributed by atoms with Crippen molar-refractivity contribution in [1.29, 1.82) is 0 Å². The highest BCUT2D eigenvalue weighted by Crippen LogP contribution is 2.17. The molecule has 0 spiro atoms. The topological polar surface area (TPSA) is 69.8 Å². The number of aliphatic hydroxyl groups is 1. The average Bonchev–Trinajstić information content (AvgIpc) is 2.52. The summed E-state index contributed by atoms with van der Waals surface area (Å²) in [4.78, 5) is 15.9. The maximum Gasteiger partial charge on any atom is 0.248 e. The van der Waals surface area contributed by atoms with Gasteiger partial charge in [0.05, 0.1) is 0 Å². The summed E-state index contributed by atoms with van der Waals surface area (Å²) in [5.74, 6) is -0.380. The molecule has 5 nitrogen and oxygen atoms in total. The quantitative estimate of drug-likeness (QED) is 0.737. The molecule has 0 bridgehead atoms. The first-order chi connectivity index (χ1) is 10.2. The van der Waals surface area contributed by atoms with Gasteiger partial charge in [0.2, 0.25) is 5.91 Å². The second-order valence-electron chi connectivity index (χ2n) is 5.52. The Morgan fingerprint density at radius 2 is 1.71 bits per heavy atom. The van der Waals surface area contributed by atoms with E-state index in [2.05, 4.69) is 9.80 Å². The molecule has 0 aromatic heterocycles. The Labute approximate surface area is 126 Å². The smallest absolute Gasteiger partial charge is 0.248 e. The summed E-state index contributed by atoms with van der Waals surface area (Å²) < 4.78 is 0. The van der Waals surface area contributed by atoms with Crippen LogP contribution in [0.5, 0.6) is 0 Å². The molecular formula is C16H25N3O2. The molecule has 116 valence electrons. The zero-order chi connectivity index (χ0) is 15.1. The number of hydrogen-bond acceptors (Lipinski definition) is 4.